The van der Waals surface area contributed by atoms with E-state index in [0.29, 0.717) is 18.5 Å². The van der Waals surface area contributed by atoms with Gasteiger partial charge in [0, 0.05) is 18.3 Å². The maximum absolute atomic E-state index is 11.9. The van der Waals surface area contributed by atoms with Crippen molar-refractivity contribution in [1.29, 1.82) is 0 Å². The summed E-state index contributed by atoms with van der Waals surface area (Å²) in [6.45, 7) is 4.35. The third kappa shape index (κ3) is 1.62. The van der Waals surface area contributed by atoms with Gasteiger partial charge in [-0.15, -0.1) is 0 Å². The summed E-state index contributed by atoms with van der Waals surface area (Å²) in [6, 6.07) is -0.289. The van der Waals surface area contributed by atoms with Gasteiger partial charge in [0.1, 0.15) is 17.5 Å². The van der Waals surface area contributed by atoms with E-state index in [1.54, 1.807) is 13.1 Å². The average molecular weight is 266 g/mol. The van der Waals surface area contributed by atoms with Crippen LogP contribution in [0.25, 0.3) is 0 Å². The first-order valence-corrected chi connectivity index (χ1v) is 6.43. The normalized spacial score (nSPS) is 36.9. The molecule has 1 unspecified atom stereocenters. The van der Waals surface area contributed by atoms with Crippen molar-refractivity contribution in [3.8, 4) is 0 Å². The molecule has 1 aromatic heterocycles. The second-order valence-corrected chi connectivity index (χ2v) is 5.28. The van der Waals surface area contributed by atoms with E-state index in [0.717, 1.165) is 0 Å². The topological polar surface area (TPSA) is 102 Å². The molecule has 3 rings (SSSR count). The third-order valence-corrected chi connectivity index (χ3v) is 4.23. The van der Waals surface area contributed by atoms with Crippen LogP contribution >= 0.6 is 0 Å². The number of ether oxygens (including phenoxy) is 1. The van der Waals surface area contributed by atoms with Gasteiger partial charge in [0.05, 0.1) is 6.04 Å². The van der Waals surface area contributed by atoms with Crippen molar-refractivity contribution in [3.05, 3.63) is 22.2 Å². The molecule has 0 radical (unpaired) electrons. The number of hydrogen-bond donors (Lipinski definition) is 3. The summed E-state index contributed by atoms with van der Waals surface area (Å²) >= 11 is 0. The SMILES string of the molecule is CC[C@@]12CN[C@@H](C(n3cc(C)c(N)nc3=O)O1)[C@@H]2O. The van der Waals surface area contributed by atoms with Crippen LogP contribution in [0.4, 0.5) is 5.82 Å². The quantitative estimate of drug-likeness (QED) is 0.644. The van der Waals surface area contributed by atoms with E-state index in [1.165, 1.54) is 4.57 Å². The zero-order valence-corrected chi connectivity index (χ0v) is 11.0. The summed E-state index contributed by atoms with van der Waals surface area (Å²) in [7, 11) is 0. The van der Waals surface area contributed by atoms with Gasteiger partial charge >= 0.3 is 5.69 Å². The number of morpholine rings is 1. The minimum atomic E-state index is -0.618. The molecule has 19 heavy (non-hydrogen) atoms. The molecule has 3 heterocycles. The lowest BCUT2D eigenvalue weighted by Crippen LogP contribution is -2.45. The molecule has 0 aliphatic carbocycles. The minimum absolute atomic E-state index is 0.225. The lowest BCUT2D eigenvalue weighted by molar-refractivity contribution is -0.112. The predicted molar refractivity (Wildman–Crippen MR) is 68.6 cm³/mol. The zero-order chi connectivity index (χ0) is 13.8. The summed E-state index contributed by atoms with van der Waals surface area (Å²) in [5, 5.41) is 13.5. The fourth-order valence-electron chi connectivity index (χ4n) is 2.92. The highest BCUT2D eigenvalue weighted by Crippen LogP contribution is 2.42. The number of nitrogens with one attached hydrogen (secondary N) is 1. The first-order chi connectivity index (χ1) is 8.98. The number of rotatable bonds is 2. The highest BCUT2D eigenvalue weighted by molar-refractivity contribution is 5.35. The van der Waals surface area contributed by atoms with E-state index in [4.69, 9.17) is 10.5 Å². The van der Waals surface area contributed by atoms with Crippen LogP contribution in [0.2, 0.25) is 0 Å². The zero-order valence-electron chi connectivity index (χ0n) is 11.0. The summed E-state index contributed by atoms with van der Waals surface area (Å²) in [5.74, 6) is 0.225. The molecule has 4 N–H and O–H groups in total. The van der Waals surface area contributed by atoms with Gasteiger partial charge in [-0.25, -0.2) is 4.79 Å². The van der Waals surface area contributed by atoms with Gasteiger partial charge in [0.15, 0.2) is 6.23 Å². The van der Waals surface area contributed by atoms with Crippen LogP contribution in [-0.2, 0) is 4.74 Å². The Bertz CT molecular complexity index is 573. The predicted octanol–water partition coefficient (Wildman–Crippen LogP) is -0.856. The van der Waals surface area contributed by atoms with E-state index < -0.39 is 23.6 Å². The smallest absolute Gasteiger partial charge is 0.351 e. The van der Waals surface area contributed by atoms with Gasteiger partial charge < -0.3 is 20.9 Å². The van der Waals surface area contributed by atoms with E-state index in [9.17, 15) is 9.90 Å². The van der Waals surface area contributed by atoms with Crippen LogP contribution in [-0.4, -0.2) is 38.9 Å². The molecule has 2 aliphatic heterocycles. The number of aliphatic hydroxyl groups is 1. The number of nitrogen functional groups attached to an aromatic ring is 1. The van der Waals surface area contributed by atoms with Crippen molar-refractivity contribution in [3.63, 3.8) is 0 Å². The molecule has 2 aliphatic rings. The van der Waals surface area contributed by atoms with E-state index in [2.05, 4.69) is 10.3 Å². The first-order valence-electron chi connectivity index (χ1n) is 6.43. The third-order valence-electron chi connectivity index (χ3n) is 4.23. The molecule has 7 heteroatoms. The van der Waals surface area contributed by atoms with Crippen molar-refractivity contribution < 1.29 is 9.84 Å². The van der Waals surface area contributed by atoms with Gasteiger partial charge in [-0.1, -0.05) is 6.92 Å². The van der Waals surface area contributed by atoms with Gasteiger partial charge in [-0.05, 0) is 13.3 Å². The molecular formula is C12H18N4O3. The highest BCUT2D eigenvalue weighted by atomic mass is 16.6. The van der Waals surface area contributed by atoms with Crippen molar-refractivity contribution in [1.82, 2.24) is 14.9 Å². The van der Waals surface area contributed by atoms with E-state index >= 15 is 0 Å². The molecule has 7 nitrogen and oxygen atoms in total. The molecule has 1 aromatic rings. The summed E-state index contributed by atoms with van der Waals surface area (Å²) in [6.07, 6.45) is 1.16. The Balaban J connectivity index is 2.02. The highest BCUT2D eigenvalue weighted by Gasteiger charge is 2.59. The van der Waals surface area contributed by atoms with Gasteiger partial charge in [0.25, 0.3) is 0 Å². The molecule has 0 amide bonds. The molecule has 2 bridgehead atoms. The summed E-state index contributed by atoms with van der Waals surface area (Å²) in [5.41, 5.74) is 5.26. The molecule has 104 valence electrons. The fourth-order valence-corrected chi connectivity index (χ4v) is 2.92. The van der Waals surface area contributed by atoms with Crippen molar-refractivity contribution in [2.45, 2.75) is 44.2 Å². The Morgan fingerprint density at radius 2 is 2.47 bits per heavy atom. The fraction of sp³-hybridized carbons (Fsp3) is 0.667. The minimum Gasteiger partial charge on any atom is -0.388 e. The maximum Gasteiger partial charge on any atom is 0.351 e. The second-order valence-electron chi connectivity index (χ2n) is 5.28. The van der Waals surface area contributed by atoms with Gasteiger partial charge in [-0.2, -0.15) is 4.98 Å². The molecule has 4 atom stereocenters. The summed E-state index contributed by atoms with van der Waals surface area (Å²) < 4.78 is 7.35. The lowest BCUT2D eigenvalue weighted by Gasteiger charge is -2.31. The number of hydrogen-bond acceptors (Lipinski definition) is 6. The first kappa shape index (κ1) is 12.6. The summed E-state index contributed by atoms with van der Waals surface area (Å²) in [4.78, 5) is 15.7. The monoisotopic (exact) mass is 266 g/mol. The number of anilines is 1. The van der Waals surface area contributed by atoms with Crippen LogP contribution in [0, 0.1) is 6.92 Å². The van der Waals surface area contributed by atoms with E-state index in [1.807, 2.05) is 6.92 Å². The Hall–Kier alpha value is -1.44. The second kappa shape index (κ2) is 4.03. The van der Waals surface area contributed by atoms with E-state index in [-0.39, 0.29) is 11.9 Å². The van der Waals surface area contributed by atoms with Crippen molar-refractivity contribution >= 4 is 5.82 Å². The number of nitrogens with zero attached hydrogens (tertiary/aromatic N) is 2. The molecule has 0 aromatic carbocycles. The van der Waals surface area contributed by atoms with Gasteiger partial charge in [0.2, 0.25) is 0 Å². The number of fused-ring (bicyclic) bond motifs is 2. The Labute approximate surface area is 110 Å². The Morgan fingerprint density at radius 3 is 3.11 bits per heavy atom. The number of aromatic nitrogens is 2. The molecule has 2 saturated heterocycles. The molecule has 0 saturated carbocycles. The average Bonchev–Trinajstić information content (AvgIpc) is 2.85. The van der Waals surface area contributed by atoms with Crippen LogP contribution in [0.15, 0.2) is 11.0 Å². The van der Waals surface area contributed by atoms with Crippen LogP contribution in [0.3, 0.4) is 0 Å². The molecular weight excluding hydrogens is 248 g/mol. The molecule has 2 fully saturated rings. The lowest BCUT2D eigenvalue weighted by atomic mass is 9.96. The Kier molecular flexibility index (Phi) is 2.67. The number of aryl methyl sites for hydroxylation is 1. The van der Waals surface area contributed by atoms with Gasteiger partial charge in [-0.3, -0.25) is 4.57 Å². The molecule has 0 spiro atoms. The number of nitrogens with two attached hydrogens (primary N) is 1. The maximum atomic E-state index is 11.9. The van der Waals surface area contributed by atoms with Crippen LogP contribution in [0.1, 0.15) is 25.1 Å². The Morgan fingerprint density at radius 1 is 1.74 bits per heavy atom. The number of aliphatic hydroxyl groups excluding tert-OH is 1. The standard InChI is InChI=1S/C12H18N4O3/c1-3-12-5-14-7(8(12)17)10(19-12)16-4-6(2)9(13)15-11(16)18/h4,7-8,10,14,17H,3,5H2,1-2H3,(H2,13,15,18)/t7-,8+,10?,12+/m1/s1. The largest absolute Gasteiger partial charge is 0.388 e. The van der Waals surface area contributed by atoms with Crippen LogP contribution in [0.5, 0.6) is 0 Å². The van der Waals surface area contributed by atoms with Crippen molar-refractivity contribution in [2.24, 2.45) is 0 Å². The van der Waals surface area contributed by atoms with Crippen molar-refractivity contribution in [2.75, 3.05) is 12.3 Å². The van der Waals surface area contributed by atoms with Crippen LogP contribution < -0.4 is 16.7 Å².